The second kappa shape index (κ2) is 5.25. The van der Waals surface area contributed by atoms with Crippen molar-refractivity contribution >= 4 is 33.2 Å². The predicted octanol–water partition coefficient (Wildman–Crippen LogP) is 3.74. The summed E-state index contributed by atoms with van der Waals surface area (Å²) < 4.78 is 6.34. The quantitative estimate of drug-likeness (QED) is 0.913. The molecule has 1 heterocycles. The minimum Gasteiger partial charge on any atom is -0.435 e. The number of pyridine rings is 1. The summed E-state index contributed by atoms with van der Waals surface area (Å²) in [6, 6.07) is 8.64. The highest BCUT2D eigenvalue weighted by atomic mass is 79.9. The van der Waals surface area contributed by atoms with Crippen molar-refractivity contribution in [1.29, 1.82) is 5.26 Å². The van der Waals surface area contributed by atoms with E-state index in [-0.39, 0.29) is 11.6 Å². The Balaban J connectivity index is 2.34. The van der Waals surface area contributed by atoms with Gasteiger partial charge in [0.05, 0.1) is 16.3 Å². The van der Waals surface area contributed by atoms with Gasteiger partial charge in [0.1, 0.15) is 11.8 Å². The molecule has 0 radical (unpaired) electrons. The largest absolute Gasteiger partial charge is 0.435 e. The molecule has 0 saturated carbocycles. The first-order chi connectivity index (χ1) is 8.60. The predicted molar refractivity (Wildman–Crippen MR) is 72.6 cm³/mol. The zero-order chi connectivity index (χ0) is 13.1. The lowest BCUT2D eigenvalue weighted by Crippen LogP contribution is -1.96. The van der Waals surface area contributed by atoms with Crippen molar-refractivity contribution in [2.45, 2.75) is 0 Å². The lowest BCUT2D eigenvalue weighted by atomic mass is 10.3. The average Bonchev–Trinajstić information content (AvgIpc) is 2.36. The van der Waals surface area contributed by atoms with Gasteiger partial charge in [-0.1, -0.05) is 27.5 Å². The third-order valence-electron chi connectivity index (χ3n) is 2.11. The van der Waals surface area contributed by atoms with Gasteiger partial charge in [0.15, 0.2) is 0 Å². The molecule has 0 atom stereocenters. The molecule has 1 aromatic heterocycles. The van der Waals surface area contributed by atoms with Crippen molar-refractivity contribution in [3.05, 3.63) is 45.5 Å². The Hall–Kier alpha value is -1.77. The highest BCUT2D eigenvalue weighted by Gasteiger charge is 2.08. The number of halogens is 2. The van der Waals surface area contributed by atoms with E-state index in [9.17, 15) is 0 Å². The van der Waals surface area contributed by atoms with Gasteiger partial charge in [0.2, 0.25) is 5.88 Å². The molecule has 0 spiro atoms. The minimum atomic E-state index is 0.217. The zero-order valence-electron chi connectivity index (χ0n) is 9.02. The number of rotatable bonds is 2. The summed E-state index contributed by atoms with van der Waals surface area (Å²) in [6.45, 7) is 0. The fourth-order valence-corrected chi connectivity index (χ4v) is 1.77. The van der Waals surface area contributed by atoms with Gasteiger partial charge in [0.25, 0.3) is 0 Å². The molecule has 0 unspecified atom stereocenters. The molecule has 1 aromatic carbocycles. The van der Waals surface area contributed by atoms with Crippen LogP contribution in [0.1, 0.15) is 5.56 Å². The van der Waals surface area contributed by atoms with Gasteiger partial charge in [0, 0.05) is 10.7 Å². The Labute approximate surface area is 117 Å². The van der Waals surface area contributed by atoms with Crippen LogP contribution < -0.4 is 10.5 Å². The Morgan fingerprint density at radius 3 is 2.83 bits per heavy atom. The first-order valence-electron chi connectivity index (χ1n) is 4.88. The fraction of sp³-hybridized carbons (Fsp3) is 0. The van der Waals surface area contributed by atoms with Crippen LogP contribution in [-0.4, -0.2) is 4.98 Å². The van der Waals surface area contributed by atoms with Crippen molar-refractivity contribution < 1.29 is 4.74 Å². The van der Waals surface area contributed by atoms with Gasteiger partial charge in [-0.15, -0.1) is 0 Å². The molecule has 90 valence electrons. The Morgan fingerprint density at radius 2 is 2.17 bits per heavy atom. The van der Waals surface area contributed by atoms with Crippen molar-refractivity contribution in [3.63, 3.8) is 0 Å². The molecule has 4 nitrogen and oxygen atoms in total. The van der Waals surface area contributed by atoms with Crippen LogP contribution in [-0.2, 0) is 0 Å². The van der Waals surface area contributed by atoms with Crippen LogP contribution in [0.5, 0.6) is 11.6 Å². The van der Waals surface area contributed by atoms with E-state index >= 15 is 0 Å². The number of ether oxygens (including phenoxy) is 1. The molecule has 0 saturated heterocycles. The normalized spacial score (nSPS) is 9.83. The van der Waals surface area contributed by atoms with Crippen molar-refractivity contribution in [2.24, 2.45) is 0 Å². The molecule has 2 rings (SSSR count). The fourth-order valence-electron chi connectivity index (χ4n) is 1.28. The summed E-state index contributed by atoms with van der Waals surface area (Å²) in [4.78, 5) is 3.97. The van der Waals surface area contributed by atoms with Gasteiger partial charge in [-0.3, -0.25) is 0 Å². The zero-order valence-corrected chi connectivity index (χ0v) is 11.4. The lowest BCUT2D eigenvalue weighted by molar-refractivity contribution is 0.465. The van der Waals surface area contributed by atoms with E-state index in [1.54, 1.807) is 18.2 Å². The highest BCUT2D eigenvalue weighted by molar-refractivity contribution is 9.10. The van der Waals surface area contributed by atoms with E-state index in [2.05, 4.69) is 20.9 Å². The molecular formula is C12H7BrClN3O. The number of hydrogen-bond donors (Lipinski definition) is 1. The van der Waals surface area contributed by atoms with Crippen molar-refractivity contribution in [1.82, 2.24) is 4.98 Å². The number of nitriles is 1. The first-order valence-corrected chi connectivity index (χ1v) is 6.06. The smallest absolute Gasteiger partial charge is 0.242 e. The standard InChI is InChI=1S/C12H7BrClN3O/c13-8-1-2-9(14)11(4-8)18-12-10(16)3-7(5-15)6-17-12/h1-4,6H,16H2. The Morgan fingerprint density at radius 1 is 1.39 bits per heavy atom. The molecule has 0 amide bonds. The van der Waals surface area contributed by atoms with E-state index in [1.807, 2.05) is 6.07 Å². The van der Waals surface area contributed by atoms with Crippen LogP contribution in [0, 0.1) is 11.3 Å². The minimum absolute atomic E-state index is 0.217. The molecule has 2 aromatic rings. The summed E-state index contributed by atoms with van der Waals surface area (Å²) in [5.74, 6) is 0.656. The van der Waals surface area contributed by atoms with Crippen LogP contribution in [0.3, 0.4) is 0 Å². The van der Waals surface area contributed by atoms with Gasteiger partial charge in [-0.2, -0.15) is 5.26 Å². The number of aromatic nitrogens is 1. The van der Waals surface area contributed by atoms with E-state index in [4.69, 9.17) is 27.3 Å². The Bertz CT molecular complexity index is 640. The van der Waals surface area contributed by atoms with E-state index in [0.29, 0.717) is 16.3 Å². The maximum Gasteiger partial charge on any atom is 0.242 e. The Kier molecular flexibility index (Phi) is 3.70. The number of benzene rings is 1. The number of nitrogen functional groups attached to an aromatic ring is 1. The van der Waals surface area contributed by atoms with Crippen molar-refractivity contribution in [2.75, 3.05) is 5.73 Å². The third kappa shape index (κ3) is 2.73. The van der Waals surface area contributed by atoms with Gasteiger partial charge in [-0.25, -0.2) is 4.98 Å². The molecule has 18 heavy (non-hydrogen) atoms. The van der Waals surface area contributed by atoms with Crippen LogP contribution in [0.15, 0.2) is 34.9 Å². The second-order valence-electron chi connectivity index (χ2n) is 3.41. The van der Waals surface area contributed by atoms with Crippen LogP contribution in [0.2, 0.25) is 5.02 Å². The molecule has 6 heteroatoms. The SMILES string of the molecule is N#Cc1cnc(Oc2cc(Br)ccc2Cl)c(N)c1. The summed E-state index contributed by atoms with van der Waals surface area (Å²) in [7, 11) is 0. The monoisotopic (exact) mass is 323 g/mol. The van der Waals surface area contributed by atoms with E-state index < -0.39 is 0 Å². The molecule has 0 aliphatic rings. The first kappa shape index (κ1) is 12.7. The van der Waals surface area contributed by atoms with Gasteiger partial charge in [-0.05, 0) is 24.3 Å². The summed E-state index contributed by atoms with van der Waals surface area (Å²) in [5, 5.41) is 9.16. The highest BCUT2D eigenvalue weighted by Crippen LogP contribution is 2.33. The molecule has 0 fully saturated rings. The second-order valence-corrected chi connectivity index (χ2v) is 4.73. The van der Waals surface area contributed by atoms with E-state index in [0.717, 1.165) is 4.47 Å². The maximum absolute atomic E-state index is 8.71. The number of nitrogens with zero attached hydrogens (tertiary/aromatic N) is 2. The molecule has 0 aliphatic heterocycles. The summed E-state index contributed by atoms with van der Waals surface area (Å²) in [5.41, 5.74) is 6.40. The van der Waals surface area contributed by atoms with Crippen LogP contribution in [0.4, 0.5) is 5.69 Å². The summed E-state index contributed by atoms with van der Waals surface area (Å²) in [6.07, 6.45) is 1.39. The lowest BCUT2D eigenvalue weighted by Gasteiger charge is -2.09. The third-order valence-corrected chi connectivity index (χ3v) is 2.91. The molecular weight excluding hydrogens is 318 g/mol. The number of hydrogen-bond acceptors (Lipinski definition) is 4. The molecule has 2 N–H and O–H groups in total. The topological polar surface area (TPSA) is 71.9 Å². The van der Waals surface area contributed by atoms with Crippen molar-refractivity contribution in [3.8, 4) is 17.7 Å². The van der Waals surface area contributed by atoms with E-state index in [1.165, 1.54) is 12.3 Å². The molecule has 0 aliphatic carbocycles. The van der Waals surface area contributed by atoms with Gasteiger partial charge >= 0.3 is 0 Å². The molecule has 0 bridgehead atoms. The maximum atomic E-state index is 8.71. The number of nitrogens with two attached hydrogens (primary N) is 1. The average molecular weight is 325 g/mol. The van der Waals surface area contributed by atoms with Crippen LogP contribution in [0.25, 0.3) is 0 Å². The van der Waals surface area contributed by atoms with Crippen LogP contribution >= 0.6 is 27.5 Å². The number of anilines is 1. The van der Waals surface area contributed by atoms with Gasteiger partial charge < -0.3 is 10.5 Å². The summed E-state index contributed by atoms with van der Waals surface area (Å²) >= 11 is 9.31.